The van der Waals surface area contributed by atoms with Gasteiger partial charge < -0.3 is 23.9 Å². The average Bonchev–Trinajstić information content (AvgIpc) is 3.35. The molecule has 2 aromatic rings. The van der Waals surface area contributed by atoms with E-state index < -0.39 is 11.7 Å². The number of ether oxygens (including phenoxy) is 1. The predicted octanol–water partition coefficient (Wildman–Crippen LogP) is 2.09. The molecular weight excluding hydrogens is 372 g/mol. The Bertz CT molecular complexity index is 892. The van der Waals surface area contributed by atoms with Crippen LogP contribution >= 0.6 is 0 Å². The third-order valence-corrected chi connectivity index (χ3v) is 5.78. The second-order valence-corrected chi connectivity index (χ2v) is 8.33. The highest BCUT2D eigenvalue weighted by atomic mass is 16.5. The predicted molar refractivity (Wildman–Crippen MR) is 105 cm³/mol. The Labute approximate surface area is 170 Å². The first kappa shape index (κ1) is 19.7. The van der Waals surface area contributed by atoms with Crippen LogP contribution in [0.25, 0.3) is 0 Å². The van der Waals surface area contributed by atoms with E-state index in [2.05, 4.69) is 24.1 Å². The van der Waals surface area contributed by atoms with E-state index in [4.69, 9.17) is 9.15 Å². The number of furan rings is 1. The number of nitrogens with one attached hydrogen (secondary N) is 1. The zero-order valence-corrected chi connectivity index (χ0v) is 17.2. The minimum absolute atomic E-state index is 0.0310. The molecule has 0 aromatic carbocycles. The van der Waals surface area contributed by atoms with Gasteiger partial charge in [0, 0.05) is 44.9 Å². The average molecular weight is 400 g/mol. The van der Waals surface area contributed by atoms with Crippen molar-refractivity contribution < 1.29 is 18.7 Å². The molecule has 2 aromatic heterocycles. The number of aryl methyl sites for hydroxylation is 1. The first-order valence-corrected chi connectivity index (χ1v) is 10.2. The second-order valence-electron chi connectivity index (χ2n) is 8.33. The van der Waals surface area contributed by atoms with Crippen LogP contribution in [0, 0.1) is 12.8 Å². The largest absolute Gasteiger partial charge is 0.469 e. The normalized spacial score (nSPS) is 20.7. The number of amides is 2. The lowest BCUT2D eigenvalue weighted by molar-refractivity contribution is -0.172. The second kappa shape index (κ2) is 7.67. The molecule has 2 amide bonds. The van der Waals surface area contributed by atoms with E-state index in [1.165, 1.54) is 6.26 Å². The molecule has 1 N–H and O–H groups in total. The smallest absolute Gasteiger partial charge is 0.257 e. The van der Waals surface area contributed by atoms with Crippen molar-refractivity contribution in [2.45, 2.75) is 51.9 Å². The van der Waals surface area contributed by atoms with Gasteiger partial charge in [0.05, 0.1) is 18.4 Å². The van der Waals surface area contributed by atoms with Crippen LogP contribution in [0.3, 0.4) is 0 Å². The summed E-state index contributed by atoms with van der Waals surface area (Å²) in [6, 6.07) is 1.71. The molecule has 0 radical (unpaired) electrons. The van der Waals surface area contributed by atoms with Crippen molar-refractivity contribution in [3.8, 4) is 0 Å². The van der Waals surface area contributed by atoms with E-state index in [0.29, 0.717) is 56.3 Å². The maximum Gasteiger partial charge on any atom is 0.257 e. The van der Waals surface area contributed by atoms with Crippen LogP contribution in [-0.4, -0.2) is 52.0 Å². The zero-order chi connectivity index (χ0) is 20.6. The van der Waals surface area contributed by atoms with Crippen LogP contribution in [0.15, 0.2) is 29.1 Å². The number of aromatic nitrogens is 2. The van der Waals surface area contributed by atoms with Crippen LogP contribution in [-0.2, 0) is 21.7 Å². The highest BCUT2D eigenvalue weighted by molar-refractivity contribution is 5.95. The van der Waals surface area contributed by atoms with Gasteiger partial charge in [0.15, 0.2) is 6.10 Å². The molecule has 2 aliphatic heterocycles. The fourth-order valence-corrected chi connectivity index (χ4v) is 4.14. The summed E-state index contributed by atoms with van der Waals surface area (Å²) in [5.74, 6) is 1.72. The molecule has 29 heavy (non-hydrogen) atoms. The molecular formula is C21H28N4O4. The monoisotopic (exact) mass is 400 g/mol. The summed E-state index contributed by atoms with van der Waals surface area (Å²) in [7, 11) is 0. The molecule has 0 aliphatic carbocycles. The first-order chi connectivity index (χ1) is 13.9. The number of rotatable bonds is 4. The number of hydrogen-bond donors (Lipinski definition) is 1. The van der Waals surface area contributed by atoms with Crippen molar-refractivity contribution in [1.29, 1.82) is 0 Å². The molecule has 1 fully saturated rings. The van der Waals surface area contributed by atoms with Crippen molar-refractivity contribution in [3.05, 3.63) is 41.9 Å². The Morgan fingerprint density at radius 3 is 2.76 bits per heavy atom. The number of carbonyl (C=O) groups excluding carboxylic acids is 2. The van der Waals surface area contributed by atoms with Crippen LogP contribution in [0.5, 0.6) is 0 Å². The van der Waals surface area contributed by atoms with Gasteiger partial charge in [0.2, 0.25) is 0 Å². The van der Waals surface area contributed by atoms with Crippen molar-refractivity contribution in [3.63, 3.8) is 0 Å². The van der Waals surface area contributed by atoms with Gasteiger partial charge in [0.25, 0.3) is 11.8 Å². The number of likely N-dealkylation sites (tertiary alicyclic amines) is 1. The van der Waals surface area contributed by atoms with Crippen LogP contribution < -0.4 is 5.32 Å². The lowest BCUT2D eigenvalue weighted by Crippen LogP contribution is -2.55. The first-order valence-electron chi connectivity index (χ1n) is 10.2. The minimum Gasteiger partial charge on any atom is -0.469 e. The highest BCUT2D eigenvalue weighted by Gasteiger charge is 2.47. The molecule has 156 valence electrons. The number of piperidine rings is 1. The molecule has 1 atom stereocenters. The minimum atomic E-state index is -0.649. The van der Waals surface area contributed by atoms with E-state index in [-0.39, 0.29) is 11.8 Å². The number of hydrogen-bond acceptors (Lipinski definition) is 5. The zero-order valence-electron chi connectivity index (χ0n) is 17.2. The molecule has 4 rings (SSSR count). The fourth-order valence-electron chi connectivity index (χ4n) is 4.14. The molecule has 1 spiro atoms. The van der Waals surface area contributed by atoms with Crippen LogP contribution in [0.1, 0.15) is 48.6 Å². The third-order valence-electron chi connectivity index (χ3n) is 5.78. The van der Waals surface area contributed by atoms with Gasteiger partial charge in [-0.2, -0.15) is 0 Å². The van der Waals surface area contributed by atoms with E-state index in [9.17, 15) is 9.59 Å². The number of carbonyl (C=O) groups is 2. The summed E-state index contributed by atoms with van der Waals surface area (Å²) in [4.78, 5) is 31.8. The molecule has 8 nitrogen and oxygen atoms in total. The quantitative estimate of drug-likeness (QED) is 0.849. The Kier molecular flexibility index (Phi) is 5.21. The topological polar surface area (TPSA) is 89.6 Å². The van der Waals surface area contributed by atoms with Gasteiger partial charge in [-0.15, -0.1) is 0 Å². The van der Waals surface area contributed by atoms with Gasteiger partial charge in [0.1, 0.15) is 17.2 Å². The van der Waals surface area contributed by atoms with E-state index in [0.717, 1.165) is 5.82 Å². The molecule has 4 heterocycles. The molecule has 0 bridgehead atoms. The Balaban J connectivity index is 1.49. The number of fused-ring (bicyclic) bond motifs is 2. The molecule has 1 unspecified atom stereocenters. The van der Waals surface area contributed by atoms with Gasteiger partial charge in [-0.3, -0.25) is 9.59 Å². The van der Waals surface area contributed by atoms with Crippen LogP contribution in [0.4, 0.5) is 0 Å². The maximum atomic E-state index is 12.8. The van der Waals surface area contributed by atoms with E-state index >= 15 is 0 Å². The fraction of sp³-hybridized carbons (Fsp3) is 0.571. The van der Waals surface area contributed by atoms with Crippen molar-refractivity contribution in [2.75, 3.05) is 19.6 Å². The van der Waals surface area contributed by atoms with Gasteiger partial charge >= 0.3 is 0 Å². The Morgan fingerprint density at radius 1 is 1.34 bits per heavy atom. The summed E-state index contributed by atoms with van der Waals surface area (Å²) in [5, 5.41) is 2.98. The summed E-state index contributed by atoms with van der Waals surface area (Å²) in [6.45, 7) is 8.07. The van der Waals surface area contributed by atoms with Crippen molar-refractivity contribution in [1.82, 2.24) is 19.8 Å². The van der Waals surface area contributed by atoms with Gasteiger partial charge in [-0.05, 0) is 18.9 Å². The summed E-state index contributed by atoms with van der Waals surface area (Å²) >= 11 is 0. The standard InChI is InChI=1S/C21H28N4O4/c1-14(2)12-23-18(26)17-13-25-10-7-22-20(25)21(29-17)5-8-24(9-6-21)19(27)16-4-11-28-15(16)3/h4,7,10-11,14,17H,5-6,8-9,12-13H2,1-3H3,(H,23,26). The van der Waals surface area contributed by atoms with Gasteiger partial charge in [-0.25, -0.2) is 4.98 Å². The van der Waals surface area contributed by atoms with E-state index in [1.807, 2.05) is 15.7 Å². The summed E-state index contributed by atoms with van der Waals surface area (Å²) in [6.07, 6.45) is 5.82. The van der Waals surface area contributed by atoms with Crippen LogP contribution in [0.2, 0.25) is 0 Å². The molecule has 2 aliphatic rings. The summed E-state index contributed by atoms with van der Waals surface area (Å²) in [5.41, 5.74) is -0.0537. The third kappa shape index (κ3) is 3.69. The number of imidazole rings is 1. The lowest BCUT2D eigenvalue weighted by atomic mass is 9.88. The molecule has 1 saturated heterocycles. The number of nitrogens with zero attached hydrogens (tertiary/aromatic N) is 3. The van der Waals surface area contributed by atoms with Crippen molar-refractivity contribution >= 4 is 11.8 Å². The van der Waals surface area contributed by atoms with Gasteiger partial charge in [-0.1, -0.05) is 13.8 Å². The van der Waals surface area contributed by atoms with E-state index in [1.54, 1.807) is 19.2 Å². The SMILES string of the molecule is Cc1occc1C(=O)N1CCC2(CC1)OC(C(=O)NCC(C)C)Cn1ccnc12. The molecule has 8 heteroatoms. The van der Waals surface area contributed by atoms with Crippen molar-refractivity contribution in [2.24, 2.45) is 5.92 Å². The maximum absolute atomic E-state index is 12.8. The lowest BCUT2D eigenvalue weighted by Gasteiger charge is -2.45. The Hall–Kier alpha value is -2.61. The summed E-state index contributed by atoms with van der Waals surface area (Å²) < 4.78 is 13.7. The molecule has 0 saturated carbocycles. The highest BCUT2D eigenvalue weighted by Crippen LogP contribution is 2.40. The Morgan fingerprint density at radius 2 is 2.10 bits per heavy atom.